The smallest absolute Gasteiger partial charge is 0.265 e. The molecule has 1 aliphatic carbocycles. The van der Waals surface area contributed by atoms with Crippen molar-refractivity contribution in [3.05, 3.63) is 51.5 Å². The molecular formula is C21H25N3O2S. The number of thiazole rings is 1. The second-order valence-electron chi connectivity index (χ2n) is 7.53. The van der Waals surface area contributed by atoms with Crippen molar-refractivity contribution in [2.24, 2.45) is 5.92 Å². The predicted molar refractivity (Wildman–Crippen MR) is 106 cm³/mol. The van der Waals surface area contributed by atoms with Crippen LogP contribution in [0.25, 0.3) is 0 Å². The van der Waals surface area contributed by atoms with Crippen molar-refractivity contribution in [1.82, 2.24) is 15.2 Å². The summed E-state index contributed by atoms with van der Waals surface area (Å²) >= 11 is 1.51. The third-order valence-electron chi connectivity index (χ3n) is 5.31. The molecule has 5 nitrogen and oxygen atoms in total. The van der Waals surface area contributed by atoms with Crippen LogP contribution in [0.4, 0.5) is 0 Å². The summed E-state index contributed by atoms with van der Waals surface area (Å²) in [6.45, 7) is 3.31. The first-order valence-electron chi connectivity index (χ1n) is 9.70. The van der Waals surface area contributed by atoms with E-state index in [1.54, 1.807) is 0 Å². The minimum atomic E-state index is 0.0799. The van der Waals surface area contributed by atoms with Gasteiger partial charge in [0.15, 0.2) is 0 Å². The van der Waals surface area contributed by atoms with Crippen LogP contribution in [-0.2, 0) is 11.2 Å². The molecule has 0 bridgehead atoms. The number of hydrogen-bond donors (Lipinski definition) is 1. The van der Waals surface area contributed by atoms with Gasteiger partial charge in [-0.05, 0) is 38.2 Å². The van der Waals surface area contributed by atoms with Crippen LogP contribution in [-0.4, -0.2) is 40.8 Å². The van der Waals surface area contributed by atoms with Gasteiger partial charge in [-0.3, -0.25) is 9.59 Å². The second kappa shape index (κ2) is 7.80. The van der Waals surface area contributed by atoms with Crippen LogP contribution in [0.5, 0.6) is 0 Å². The molecule has 27 heavy (non-hydrogen) atoms. The summed E-state index contributed by atoms with van der Waals surface area (Å²) in [6, 6.07) is 10.4. The number of carbonyl (C=O) groups is 2. The molecule has 142 valence electrons. The minimum absolute atomic E-state index is 0.0799. The first kappa shape index (κ1) is 18.2. The van der Waals surface area contributed by atoms with Crippen molar-refractivity contribution in [1.29, 1.82) is 0 Å². The van der Waals surface area contributed by atoms with E-state index in [9.17, 15) is 9.59 Å². The average Bonchev–Trinajstić information content (AvgIpc) is 3.47. The third-order valence-corrected chi connectivity index (χ3v) is 6.46. The molecule has 0 radical (unpaired) electrons. The SMILES string of the molecule is Cc1nc(Cc2ccccc2)sc1C(=O)N1CCC(NC(=O)C2CC2)CC1. The van der Waals surface area contributed by atoms with E-state index in [1.807, 2.05) is 30.0 Å². The number of aryl methyl sites for hydroxylation is 1. The average molecular weight is 384 g/mol. The van der Waals surface area contributed by atoms with Gasteiger partial charge in [-0.2, -0.15) is 0 Å². The summed E-state index contributed by atoms with van der Waals surface area (Å²) in [6.07, 6.45) is 4.48. The maximum Gasteiger partial charge on any atom is 0.265 e. The minimum Gasteiger partial charge on any atom is -0.353 e. The monoisotopic (exact) mass is 383 g/mol. The van der Waals surface area contributed by atoms with Crippen molar-refractivity contribution < 1.29 is 9.59 Å². The van der Waals surface area contributed by atoms with E-state index in [-0.39, 0.29) is 23.8 Å². The van der Waals surface area contributed by atoms with Gasteiger partial charge in [-0.15, -0.1) is 11.3 Å². The zero-order valence-electron chi connectivity index (χ0n) is 15.6. The highest BCUT2D eigenvalue weighted by atomic mass is 32.1. The number of amides is 2. The molecule has 0 atom stereocenters. The van der Waals surface area contributed by atoms with Crippen molar-refractivity contribution in [3.63, 3.8) is 0 Å². The Balaban J connectivity index is 1.35. The topological polar surface area (TPSA) is 62.3 Å². The van der Waals surface area contributed by atoms with Gasteiger partial charge in [0.05, 0.1) is 10.7 Å². The van der Waals surface area contributed by atoms with E-state index >= 15 is 0 Å². The van der Waals surface area contributed by atoms with Crippen molar-refractivity contribution >= 4 is 23.2 Å². The summed E-state index contributed by atoms with van der Waals surface area (Å²) in [7, 11) is 0. The van der Waals surface area contributed by atoms with E-state index in [4.69, 9.17) is 0 Å². The Morgan fingerprint density at radius 3 is 2.52 bits per heavy atom. The standard InChI is InChI=1S/C21H25N3O2S/c1-14-19(27-18(22-14)13-15-5-3-2-4-6-15)21(26)24-11-9-17(10-12-24)23-20(25)16-7-8-16/h2-6,16-17H,7-13H2,1H3,(H,23,25). The van der Waals surface area contributed by atoms with Crippen molar-refractivity contribution in [3.8, 4) is 0 Å². The van der Waals surface area contributed by atoms with Crippen LogP contribution >= 0.6 is 11.3 Å². The second-order valence-corrected chi connectivity index (χ2v) is 8.62. The summed E-state index contributed by atoms with van der Waals surface area (Å²) < 4.78 is 0. The number of hydrogen-bond acceptors (Lipinski definition) is 4. The summed E-state index contributed by atoms with van der Waals surface area (Å²) in [5.74, 6) is 0.521. The molecule has 0 unspecified atom stereocenters. The molecule has 4 rings (SSSR count). The Morgan fingerprint density at radius 1 is 1.15 bits per heavy atom. The summed E-state index contributed by atoms with van der Waals surface area (Å²) in [5.41, 5.74) is 2.03. The largest absolute Gasteiger partial charge is 0.353 e. The molecule has 0 spiro atoms. The number of carbonyl (C=O) groups excluding carboxylic acids is 2. The van der Waals surface area contributed by atoms with Gasteiger partial charge in [0.1, 0.15) is 4.88 Å². The van der Waals surface area contributed by atoms with Crippen LogP contribution in [0.2, 0.25) is 0 Å². The lowest BCUT2D eigenvalue weighted by molar-refractivity contribution is -0.123. The highest BCUT2D eigenvalue weighted by Crippen LogP contribution is 2.29. The lowest BCUT2D eigenvalue weighted by Crippen LogP contribution is -2.46. The Kier molecular flexibility index (Phi) is 5.25. The number of rotatable bonds is 5. The Morgan fingerprint density at radius 2 is 1.85 bits per heavy atom. The van der Waals surface area contributed by atoms with Crippen LogP contribution in [0, 0.1) is 12.8 Å². The lowest BCUT2D eigenvalue weighted by Gasteiger charge is -2.32. The fourth-order valence-corrected chi connectivity index (χ4v) is 4.60. The number of piperidine rings is 1. The molecule has 1 aliphatic heterocycles. The first-order valence-corrected chi connectivity index (χ1v) is 10.5. The molecule has 1 aromatic carbocycles. The van der Waals surface area contributed by atoms with Gasteiger partial charge in [0.25, 0.3) is 5.91 Å². The van der Waals surface area contributed by atoms with E-state index in [1.165, 1.54) is 16.9 Å². The van der Waals surface area contributed by atoms with Gasteiger partial charge in [-0.1, -0.05) is 30.3 Å². The maximum absolute atomic E-state index is 12.9. The van der Waals surface area contributed by atoms with Crippen molar-refractivity contribution in [2.75, 3.05) is 13.1 Å². The summed E-state index contributed by atoms with van der Waals surface area (Å²) in [5, 5.41) is 4.12. The number of nitrogens with zero attached hydrogens (tertiary/aromatic N) is 2. The normalized spacial score (nSPS) is 17.7. The van der Waals surface area contributed by atoms with E-state index in [0.717, 1.165) is 47.7 Å². The van der Waals surface area contributed by atoms with Gasteiger partial charge in [-0.25, -0.2) is 4.98 Å². The third kappa shape index (κ3) is 4.38. The van der Waals surface area contributed by atoms with E-state index < -0.39 is 0 Å². The predicted octanol–water partition coefficient (Wildman–Crippen LogP) is 3.17. The molecular weight excluding hydrogens is 358 g/mol. The lowest BCUT2D eigenvalue weighted by atomic mass is 10.0. The fraction of sp³-hybridized carbons (Fsp3) is 0.476. The molecule has 1 aromatic heterocycles. The Bertz CT molecular complexity index is 821. The number of nitrogens with one attached hydrogen (secondary N) is 1. The quantitative estimate of drug-likeness (QED) is 0.863. The molecule has 6 heteroatoms. The van der Waals surface area contributed by atoms with Crippen LogP contribution in [0.15, 0.2) is 30.3 Å². The van der Waals surface area contributed by atoms with E-state index in [0.29, 0.717) is 13.1 Å². The van der Waals surface area contributed by atoms with Crippen molar-refractivity contribution in [2.45, 2.75) is 45.1 Å². The fourth-order valence-electron chi connectivity index (χ4n) is 3.53. The Labute approximate surface area is 163 Å². The van der Waals surface area contributed by atoms with Gasteiger partial charge >= 0.3 is 0 Å². The van der Waals surface area contributed by atoms with Crippen LogP contribution in [0.3, 0.4) is 0 Å². The zero-order valence-corrected chi connectivity index (χ0v) is 16.4. The number of likely N-dealkylation sites (tertiary alicyclic amines) is 1. The highest BCUT2D eigenvalue weighted by Gasteiger charge is 2.32. The Hall–Kier alpha value is -2.21. The van der Waals surface area contributed by atoms with Gasteiger partial charge < -0.3 is 10.2 Å². The van der Waals surface area contributed by atoms with Gasteiger partial charge in [0.2, 0.25) is 5.91 Å². The molecule has 2 aliphatic rings. The molecule has 2 amide bonds. The van der Waals surface area contributed by atoms with E-state index in [2.05, 4.69) is 22.4 Å². The molecule has 1 saturated carbocycles. The molecule has 2 aromatic rings. The van der Waals surface area contributed by atoms with Gasteiger partial charge in [0, 0.05) is 31.5 Å². The highest BCUT2D eigenvalue weighted by molar-refractivity contribution is 7.13. The molecule has 1 saturated heterocycles. The number of aromatic nitrogens is 1. The molecule has 2 fully saturated rings. The molecule has 2 heterocycles. The molecule has 1 N–H and O–H groups in total. The zero-order chi connectivity index (χ0) is 18.8. The maximum atomic E-state index is 12.9. The summed E-state index contributed by atoms with van der Waals surface area (Å²) in [4.78, 5) is 32.1. The van der Waals surface area contributed by atoms with Crippen LogP contribution in [0.1, 0.15) is 51.6 Å². The first-order chi connectivity index (χ1) is 13.1. The number of benzene rings is 1. The van der Waals surface area contributed by atoms with Crippen LogP contribution < -0.4 is 5.32 Å².